The van der Waals surface area contributed by atoms with Crippen molar-refractivity contribution in [2.75, 3.05) is 19.8 Å². The fourth-order valence-corrected chi connectivity index (χ4v) is 2.68. The zero-order valence-corrected chi connectivity index (χ0v) is 13.1. The molecular formula is C17H27NO2. The molecule has 1 aliphatic rings. The number of rotatable bonds is 3. The van der Waals surface area contributed by atoms with Crippen LogP contribution in [-0.2, 0) is 15.8 Å². The van der Waals surface area contributed by atoms with Gasteiger partial charge in [0.1, 0.15) is 0 Å². The van der Waals surface area contributed by atoms with E-state index in [4.69, 9.17) is 4.74 Å². The molecule has 2 atom stereocenters. The van der Waals surface area contributed by atoms with Gasteiger partial charge < -0.3 is 15.2 Å². The van der Waals surface area contributed by atoms with Crippen molar-refractivity contribution in [3.8, 4) is 0 Å². The van der Waals surface area contributed by atoms with Crippen molar-refractivity contribution in [1.29, 1.82) is 0 Å². The standard InChI is InChI=1S/C17H27NO2/c1-16(2,3)13-5-7-14(8-6-13)17(4,19)11-15-12-20-10-9-18-15/h5-8,15,18-19H,9-12H2,1-4H3. The Morgan fingerprint density at radius 2 is 1.75 bits per heavy atom. The number of morpholine rings is 1. The third-order valence-electron chi connectivity index (χ3n) is 4.02. The van der Waals surface area contributed by atoms with Crippen molar-refractivity contribution in [2.24, 2.45) is 0 Å². The summed E-state index contributed by atoms with van der Waals surface area (Å²) in [5.74, 6) is 0. The summed E-state index contributed by atoms with van der Waals surface area (Å²) in [5, 5.41) is 14.1. The highest BCUT2D eigenvalue weighted by atomic mass is 16.5. The molecule has 0 spiro atoms. The van der Waals surface area contributed by atoms with E-state index in [1.54, 1.807) is 0 Å². The van der Waals surface area contributed by atoms with Crippen molar-refractivity contribution in [2.45, 2.75) is 51.2 Å². The minimum absolute atomic E-state index is 0.142. The Morgan fingerprint density at radius 1 is 1.15 bits per heavy atom. The number of benzene rings is 1. The summed E-state index contributed by atoms with van der Waals surface area (Å²) in [7, 11) is 0. The van der Waals surface area contributed by atoms with Crippen LogP contribution >= 0.6 is 0 Å². The first-order valence-electron chi connectivity index (χ1n) is 7.43. The van der Waals surface area contributed by atoms with Gasteiger partial charge in [0.25, 0.3) is 0 Å². The van der Waals surface area contributed by atoms with E-state index < -0.39 is 5.60 Å². The van der Waals surface area contributed by atoms with E-state index in [2.05, 4.69) is 38.2 Å². The zero-order valence-electron chi connectivity index (χ0n) is 13.1. The minimum Gasteiger partial charge on any atom is -0.385 e. The van der Waals surface area contributed by atoms with E-state index in [9.17, 15) is 5.11 Å². The first-order chi connectivity index (χ1) is 9.29. The lowest BCUT2D eigenvalue weighted by molar-refractivity contribution is 0.00320. The van der Waals surface area contributed by atoms with Crippen LogP contribution in [0.3, 0.4) is 0 Å². The summed E-state index contributed by atoms with van der Waals surface area (Å²) in [6.45, 7) is 10.8. The summed E-state index contributed by atoms with van der Waals surface area (Å²) in [4.78, 5) is 0. The van der Waals surface area contributed by atoms with Crippen molar-refractivity contribution in [1.82, 2.24) is 5.32 Å². The van der Waals surface area contributed by atoms with E-state index in [-0.39, 0.29) is 11.5 Å². The highest BCUT2D eigenvalue weighted by molar-refractivity contribution is 5.30. The normalized spacial score (nSPS) is 23.4. The van der Waals surface area contributed by atoms with Crippen molar-refractivity contribution in [3.63, 3.8) is 0 Å². The highest BCUT2D eigenvalue weighted by Crippen LogP contribution is 2.29. The van der Waals surface area contributed by atoms with Crippen LogP contribution in [0.4, 0.5) is 0 Å². The number of nitrogens with one attached hydrogen (secondary N) is 1. The van der Waals surface area contributed by atoms with E-state index >= 15 is 0 Å². The van der Waals surface area contributed by atoms with Crippen molar-refractivity contribution < 1.29 is 9.84 Å². The number of aliphatic hydroxyl groups is 1. The molecule has 20 heavy (non-hydrogen) atoms. The molecule has 2 rings (SSSR count). The molecule has 112 valence electrons. The predicted octanol–water partition coefficient (Wildman–Crippen LogP) is 2.57. The molecule has 1 saturated heterocycles. The molecule has 2 N–H and O–H groups in total. The number of hydrogen-bond acceptors (Lipinski definition) is 3. The molecule has 0 aliphatic carbocycles. The molecule has 1 aromatic rings. The van der Waals surface area contributed by atoms with E-state index in [0.717, 1.165) is 18.7 Å². The maximum absolute atomic E-state index is 10.7. The molecule has 3 nitrogen and oxygen atoms in total. The summed E-state index contributed by atoms with van der Waals surface area (Å²) in [6, 6.07) is 8.55. The molecule has 0 bridgehead atoms. The van der Waals surface area contributed by atoms with Crippen LogP contribution in [0.5, 0.6) is 0 Å². The molecule has 3 heteroatoms. The molecular weight excluding hydrogens is 250 g/mol. The Labute approximate surface area is 122 Å². The molecule has 1 fully saturated rings. The van der Waals surface area contributed by atoms with Crippen LogP contribution in [0.25, 0.3) is 0 Å². The Balaban J connectivity index is 2.08. The van der Waals surface area contributed by atoms with Gasteiger partial charge >= 0.3 is 0 Å². The average molecular weight is 277 g/mol. The predicted molar refractivity (Wildman–Crippen MR) is 81.9 cm³/mol. The lowest BCUT2D eigenvalue weighted by atomic mass is 9.83. The van der Waals surface area contributed by atoms with Crippen LogP contribution in [0.2, 0.25) is 0 Å². The summed E-state index contributed by atoms with van der Waals surface area (Å²) in [5.41, 5.74) is 1.58. The van der Waals surface area contributed by atoms with Crippen LogP contribution in [0.15, 0.2) is 24.3 Å². The fraction of sp³-hybridized carbons (Fsp3) is 0.647. The van der Waals surface area contributed by atoms with Gasteiger partial charge in [-0.1, -0.05) is 45.0 Å². The quantitative estimate of drug-likeness (QED) is 0.892. The molecule has 0 radical (unpaired) electrons. The molecule has 0 amide bonds. The van der Waals surface area contributed by atoms with Gasteiger partial charge in [0, 0.05) is 12.6 Å². The second kappa shape index (κ2) is 5.84. The number of ether oxygens (including phenoxy) is 1. The van der Waals surface area contributed by atoms with Gasteiger partial charge in [-0.25, -0.2) is 0 Å². The number of hydrogen-bond donors (Lipinski definition) is 2. The second-order valence-corrected chi connectivity index (χ2v) is 7.03. The molecule has 1 heterocycles. The fourth-order valence-electron chi connectivity index (χ4n) is 2.68. The smallest absolute Gasteiger partial charge is 0.0884 e. The average Bonchev–Trinajstić information content (AvgIpc) is 2.38. The van der Waals surface area contributed by atoms with Gasteiger partial charge in [0.15, 0.2) is 0 Å². The lowest BCUT2D eigenvalue weighted by Gasteiger charge is -2.32. The maximum atomic E-state index is 10.7. The van der Waals surface area contributed by atoms with Crippen molar-refractivity contribution in [3.05, 3.63) is 35.4 Å². The molecule has 0 saturated carbocycles. The third kappa shape index (κ3) is 3.81. The van der Waals surface area contributed by atoms with Gasteiger partial charge in [-0.2, -0.15) is 0 Å². The van der Waals surface area contributed by atoms with Gasteiger partial charge in [0.2, 0.25) is 0 Å². The largest absolute Gasteiger partial charge is 0.385 e. The first-order valence-corrected chi connectivity index (χ1v) is 7.43. The molecule has 1 aliphatic heterocycles. The minimum atomic E-state index is -0.825. The summed E-state index contributed by atoms with van der Waals surface area (Å²) in [6.07, 6.45) is 0.669. The van der Waals surface area contributed by atoms with E-state index in [1.165, 1.54) is 5.56 Å². The highest BCUT2D eigenvalue weighted by Gasteiger charge is 2.29. The van der Waals surface area contributed by atoms with Crippen LogP contribution in [0.1, 0.15) is 45.2 Å². The van der Waals surface area contributed by atoms with Crippen LogP contribution < -0.4 is 5.32 Å². The second-order valence-electron chi connectivity index (χ2n) is 7.03. The Morgan fingerprint density at radius 3 is 2.25 bits per heavy atom. The van der Waals surface area contributed by atoms with Crippen LogP contribution in [-0.4, -0.2) is 30.9 Å². The van der Waals surface area contributed by atoms with Gasteiger partial charge in [-0.05, 0) is 29.9 Å². The van der Waals surface area contributed by atoms with Crippen LogP contribution in [0, 0.1) is 0 Å². The van der Waals surface area contributed by atoms with Gasteiger partial charge in [-0.3, -0.25) is 0 Å². The SMILES string of the molecule is CC(C)(C)c1ccc(C(C)(O)CC2COCCN2)cc1. The van der Waals surface area contributed by atoms with Crippen molar-refractivity contribution >= 4 is 0 Å². The first kappa shape index (κ1) is 15.5. The molecule has 1 aromatic carbocycles. The Bertz CT molecular complexity index is 425. The summed E-state index contributed by atoms with van der Waals surface area (Å²) >= 11 is 0. The van der Waals surface area contributed by atoms with Gasteiger partial charge in [-0.15, -0.1) is 0 Å². The van der Waals surface area contributed by atoms with E-state index in [0.29, 0.717) is 13.0 Å². The topological polar surface area (TPSA) is 41.5 Å². The van der Waals surface area contributed by atoms with E-state index in [1.807, 2.05) is 19.1 Å². The monoisotopic (exact) mass is 277 g/mol. The zero-order chi connectivity index (χ0) is 14.8. The lowest BCUT2D eigenvalue weighted by Crippen LogP contribution is -2.45. The Kier molecular flexibility index (Phi) is 4.52. The third-order valence-corrected chi connectivity index (χ3v) is 4.02. The van der Waals surface area contributed by atoms with Gasteiger partial charge in [0.05, 0.1) is 18.8 Å². The maximum Gasteiger partial charge on any atom is 0.0884 e. The summed E-state index contributed by atoms with van der Waals surface area (Å²) < 4.78 is 5.45. The Hall–Kier alpha value is -0.900. The molecule has 0 aromatic heterocycles. The molecule has 2 unspecified atom stereocenters.